The maximum atomic E-state index is 11.8. The summed E-state index contributed by atoms with van der Waals surface area (Å²) in [4.78, 5) is 18.9. The fourth-order valence-electron chi connectivity index (χ4n) is 1.77. The topological polar surface area (TPSA) is 58.9 Å². The van der Waals surface area contributed by atoms with Gasteiger partial charge in [0.15, 0.2) is 5.43 Å². The number of rotatable bonds is 0. The molecule has 2 heterocycles. The van der Waals surface area contributed by atoms with Crippen molar-refractivity contribution >= 4 is 22.0 Å². The van der Waals surface area contributed by atoms with Crippen molar-refractivity contribution in [1.82, 2.24) is 9.97 Å². The molecule has 0 saturated heterocycles. The summed E-state index contributed by atoms with van der Waals surface area (Å²) >= 11 is 0. The number of aryl methyl sites for hydroxylation is 1. The molecule has 0 unspecified atom stereocenters. The Morgan fingerprint density at radius 3 is 3.13 bits per heavy atom. The molecule has 0 saturated carbocycles. The molecule has 2 aromatic heterocycles. The predicted octanol–water partition coefficient (Wildman–Crippen LogP) is 1.98. The van der Waals surface area contributed by atoms with Gasteiger partial charge in [-0.2, -0.15) is 0 Å². The van der Waals surface area contributed by atoms with Crippen molar-refractivity contribution in [2.75, 3.05) is 0 Å². The standard InChI is InChI=1S/C11H8N2O2/c1-6-4-8(14)10-9(15-6)3-2-7-11(10)13-5-12-7/h2-5H,1H3,(H,12,13). The Kier molecular flexibility index (Phi) is 1.48. The second kappa shape index (κ2) is 2.70. The minimum absolute atomic E-state index is 0.0496. The number of hydrogen-bond donors (Lipinski definition) is 1. The summed E-state index contributed by atoms with van der Waals surface area (Å²) in [5.41, 5.74) is 2.05. The van der Waals surface area contributed by atoms with Crippen LogP contribution < -0.4 is 5.43 Å². The lowest BCUT2D eigenvalue weighted by Crippen LogP contribution is -2.00. The predicted molar refractivity (Wildman–Crippen MR) is 56.9 cm³/mol. The Labute approximate surface area is 84.6 Å². The van der Waals surface area contributed by atoms with Crippen LogP contribution in [0.2, 0.25) is 0 Å². The monoisotopic (exact) mass is 200 g/mol. The van der Waals surface area contributed by atoms with Crippen molar-refractivity contribution in [2.24, 2.45) is 0 Å². The van der Waals surface area contributed by atoms with Gasteiger partial charge in [-0.15, -0.1) is 0 Å². The third kappa shape index (κ3) is 1.08. The van der Waals surface area contributed by atoms with Gasteiger partial charge in [0.2, 0.25) is 0 Å². The van der Waals surface area contributed by atoms with Crippen LogP contribution in [0.4, 0.5) is 0 Å². The summed E-state index contributed by atoms with van der Waals surface area (Å²) < 4.78 is 5.47. The lowest BCUT2D eigenvalue weighted by Gasteiger charge is -1.98. The average molecular weight is 200 g/mol. The van der Waals surface area contributed by atoms with Crippen LogP contribution in [-0.2, 0) is 0 Å². The van der Waals surface area contributed by atoms with E-state index in [9.17, 15) is 4.79 Å². The molecule has 0 aliphatic heterocycles. The number of nitrogens with zero attached hydrogens (tertiary/aromatic N) is 1. The number of benzene rings is 1. The van der Waals surface area contributed by atoms with E-state index in [2.05, 4.69) is 9.97 Å². The second-order valence-corrected chi connectivity index (χ2v) is 3.46. The molecule has 0 fully saturated rings. The third-order valence-corrected chi connectivity index (χ3v) is 2.41. The average Bonchev–Trinajstić information content (AvgIpc) is 2.63. The number of hydrogen-bond acceptors (Lipinski definition) is 3. The molecule has 1 N–H and O–H groups in total. The SMILES string of the molecule is Cc1cc(=O)c2c(ccc3[nH]cnc32)o1. The number of nitrogens with one attached hydrogen (secondary N) is 1. The van der Waals surface area contributed by atoms with Crippen LogP contribution in [0.5, 0.6) is 0 Å². The van der Waals surface area contributed by atoms with Crippen molar-refractivity contribution < 1.29 is 4.42 Å². The summed E-state index contributed by atoms with van der Waals surface area (Å²) in [6.07, 6.45) is 1.57. The van der Waals surface area contributed by atoms with Crippen LogP contribution in [0, 0.1) is 6.92 Å². The molecule has 0 atom stereocenters. The zero-order chi connectivity index (χ0) is 10.4. The molecule has 4 nitrogen and oxygen atoms in total. The molecule has 0 bridgehead atoms. The summed E-state index contributed by atoms with van der Waals surface area (Å²) in [6, 6.07) is 5.12. The van der Waals surface area contributed by atoms with Crippen LogP contribution in [0.3, 0.4) is 0 Å². The van der Waals surface area contributed by atoms with Gasteiger partial charge >= 0.3 is 0 Å². The third-order valence-electron chi connectivity index (χ3n) is 2.41. The van der Waals surface area contributed by atoms with Gasteiger partial charge in [0, 0.05) is 6.07 Å². The van der Waals surface area contributed by atoms with Gasteiger partial charge in [-0.05, 0) is 19.1 Å². The number of aromatic amines is 1. The molecule has 0 radical (unpaired) electrons. The van der Waals surface area contributed by atoms with Crippen molar-refractivity contribution in [3.8, 4) is 0 Å². The van der Waals surface area contributed by atoms with E-state index < -0.39 is 0 Å². The van der Waals surface area contributed by atoms with E-state index in [1.165, 1.54) is 6.07 Å². The first-order valence-electron chi connectivity index (χ1n) is 4.62. The highest BCUT2D eigenvalue weighted by atomic mass is 16.3. The normalized spacial score (nSPS) is 11.3. The van der Waals surface area contributed by atoms with Gasteiger partial charge in [0.25, 0.3) is 0 Å². The molecule has 0 aliphatic carbocycles. The summed E-state index contributed by atoms with van der Waals surface area (Å²) in [6.45, 7) is 1.76. The second-order valence-electron chi connectivity index (χ2n) is 3.46. The van der Waals surface area contributed by atoms with Gasteiger partial charge in [-0.1, -0.05) is 0 Å². The first kappa shape index (κ1) is 8.23. The Morgan fingerprint density at radius 2 is 2.27 bits per heavy atom. The quantitative estimate of drug-likeness (QED) is 0.603. The zero-order valence-electron chi connectivity index (χ0n) is 8.07. The van der Waals surface area contributed by atoms with Crippen molar-refractivity contribution in [1.29, 1.82) is 0 Å². The highest BCUT2D eigenvalue weighted by Crippen LogP contribution is 2.20. The van der Waals surface area contributed by atoms with Gasteiger partial charge in [0.1, 0.15) is 16.9 Å². The van der Waals surface area contributed by atoms with Gasteiger partial charge in [-0.3, -0.25) is 4.79 Å². The lowest BCUT2D eigenvalue weighted by atomic mass is 10.2. The van der Waals surface area contributed by atoms with Crippen LogP contribution in [0.1, 0.15) is 5.76 Å². The first-order valence-corrected chi connectivity index (χ1v) is 4.62. The molecule has 74 valence electrons. The smallest absolute Gasteiger partial charge is 0.195 e. The van der Waals surface area contributed by atoms with Crippen molar-refractivity contribution in [3.63, 3.8) is 0 Å². The number of aromatic nitrogens is 2. The molecular weight excluding hydrogens is 192 g/mol. The Morgan fingerprint density at radius 1 is 1.40 bits per heavy atom. The van der Waals surface area contributed by atoms with Gasteiger partial charge in [0.05, 0.1) is 17.2 Å². The summed E-state index contributed by atoms with van der Waals surface area (Å²) in [5.74, 6) is 0.613. The highest BCUT2D eigenvalue weighted by molar-refractivity contribution is 6.01. The molecule has 0 aliphatic rings. The molecule has 15 heavy (non-hydrogen) atoms. The minimum atomic E-state index is -0.0496. The van der Waals surface area contributed by atoms with E-state index in [0.29, 0.717) is 22.2 Å². The lowest BCUT2D eigenvalue weighted by molar-refractivity contribution is 0.565. The minimum Gasteiger partial charge on any atom is -0.461 e. The van der Waals surface area contributed by atoms with Crippen molar-refractivity contribution in [2.45, 2.75) is 6.92 Å². The first-order chi connectivity index (χ1) is 7.25. The van der Waals surface area contributed by atoms with Crippen molar-refractivity contribution in [3.05, 3.63) is 40.5 Å². The highest BCUT2D eigenvalue weighted by Gasteiger charge is 2.08. The van der Waals surface area contributed by atoms with Gasteiger partial charge < -0.3 is 9.40 Å². The Balaban J connectivity index is 2.68. The summed E-state index contributed by atoms with van der Waals surface area (Å²) in [7, 11) is 0. The van der Waals surface area contributed by atoms with E-state index in [1.54, 1.807) is 19.3 Å². The van der Waals surface area contributed by atoms with Gasteiger partial charge in [-0.25, -0.2) is 4.98 Å². The molecule has 0 spiro atoms. The number of fused-ring (bicyclic) bond motifs is 3. The largest absolute Gasteiger partial charge is 0.461 e. The number of H-pyrrole nitrogens is 1. The molecule has 0 amide bonds. The Bertz CT molecular complexity index is 709. The van der Waals surface area contributed by atoms with E-state index >= 15 is 0 Å². The van der Waals surface area contributed by atoms with E-state index in [-0.39, 0.29) is 5.43 Å². The fourth-order valence-corrected chi connectivity index (χ4v) is 1.77. The number of imidazole rings is 1. The van der Waals surface area contributed by atoms with E-state index in [0.717, 1.165) is 5.52 Å². The fraction of sp³-hybridized carbons (Fsp3) is 0.0909. The van der Waals surface area contributed by atoms with Crippen LogP contribution in [0.15, 0.2) is 33.7 Å². The Hall–Kier alpha value is -2.10. The zero-order valence-corrected chi connectivity index (χ0v) is 8.07. The van der Waals surface area contributed by atoms with Crippen LogP contribution in [-0.4, -0.2) is 9.97 Å². The molecule has 1 aromatic carbocycles. The molecular formula is C11H8N2O2. The maximum Gasteiger partial charge on any atom is 0.195 e. The van der Waals surface area contributed by atoms with Crippen LogP contribution >= 0.6 is 0 Å². The van der Waals surface area contributed by atoms with E-state index in [1.807, 2.05) is 6.07 Å². The van der Waals surface area contributed by atoms with E-state index in [4.69, 9.17) is 4.42 Å². The van der Waals surface area contributed by atoms with Crippen LogP contribution in [0.25, 0.3) is 22.0 Å². The maximum absolute atomic E-state index is 11.8. The molecule has 3 aromatic rings. The molecule has 4 heteroatoms. The summed E-state index contributed by atoms with van der Waals surface area (Å²) in [5, 5.41) is 0.541. The molecule has 3 rings (SSSR count).